The van der Waals surface area contributed by atoms with E-state index in [4.69, 9.17) is 18.0 Å². The van der Waals surface area contributed by atoms with Gasteiger partial charge in [-0.2, -0.15) is 0 Å². The van der Waals surface area contributed by atoms with E-state index in [2.05, 4.69) is 37.9 Å². The van der Waals surface area contributed by atoms with E-state index in [0.29, 0.717) is 10.7 Å². The number of hydrogen-bond donors (Lipinski definition) is 1. The summed E-state index contributed by atoms with van der Waals surface area (Å²) < 4.78 is 1.08. The van der Waals surface area contributed by atoms with Crippen molar-refractivity contribution in [1.29, 1.82) is 0 Å². The number of rotatable bonds is 4. The van der Waals surface area contributed by atoms with E-state index in [1.54, 1.807) is 6.20 Å². The van der Waals surface area contributed by atoms with Crippen LogP contribution in [0.15, 0.2) is 47.1 Å². The van der Waals surface area contributed by atoms with Crippen LogP contribution >= 0.6 is 28.1 Å². The first-order valence-electron chi connectivity index (χ1n) is 5.77. The fraction of sp³-hybridized carbons (Fsp3) is 0.143. The van der Waals surface area contributed by atoms with E-state index in [1.807, 2.05) is 31.3 Å². The molecule has 0 radical (unpaired) electrons. The zero-order valence-corrected chi connectivity index (χ0v) is 12.9. The van der Waals surface area contributed by atoms with Gasteiger partial charge in [-0.1, -0.05) is 40.3 Å². The number of aromatic nitrogens is 1. The molecule has 0 saturated heterocycles. The van der Waals surface area contributed by atoms with Crippen LogP contribution in [0.5, 0.6) is 0 Å². The second-order valence-corrected chi connectivity index (χ2v) is 5.60. The third-order valence-corrected chi connectivity index (χ3v) is 3.51. The fourth-order valence-electron chi connectivity index (χ4n) is 1.75. The zero-order chi connectivity index (χ0) is 13.8. The monoisotopic (exact) mass is 335 g/mol. The van der Waals surface area contributed by atoms with Gasteiger partial charge in [0.25, 0.3) is 0 Å². The van der Waals surface area contributed by atoms with Gasteiger partial charge in [-0.3, -0.25) is 4.98 Å². The van der Waals surface area contributed by atoms with Gasteiger partial charge in [0.1, 0.15) is 4.99 Å². The average molecular weight is 336 g/mol. The second-order valence-electron chi connectivity index (χ2n) is 4.25. The molecular weight excluding hydrogens is 322 g/mol. The lowest BCUT2D eigenvalue weighted by Crippen LogP contribution is -2.18. The number of benzene rings is 1. The van der Waals surface area contributed by atoms with Gasteiger partial charge in [0.2, 0.25) is 0 Å². The van der Waals surface area contributed by atoms with Crippen molar-refractivity contribution in [1.82, 2.24) is 4.98 Å². The normalized spacial score (nSPS) is 10.2. The Morgan fingerprint density at radius 3 is 2.63 bits per heavy atom. The molecular formula is C14H14BrN3S. The highest BCUT2D eigenvalue weighted by molar-refractivity contribution is 9.10. The molecule has 0 atom stereocenters. The van der Waals surface area contributed by atoms with E-state index in [0.717, 1.165) is 16.7 Å². The van der Waals surface area contributed by atoms with E-state index in [1.165, 1.54) is 5.56 Å². The zero-order valence-electron chi connectivity index (χ0n) is 10.5. The summed E-state index contributed by atoms with van der Waals surface area (Å²) in [7, 11) is 2.03. The molecule has 2 aromatic rings. The summed E-state index contributed by atoms with van der Waals surface area (Å²) in [5.74, 6) is 0. The van der Waals surface area contributed by atoms with Crippen molar-refractivity contribution in [3.8, 4) is 0 Å². The van der Waals surface area contributed by atoms with Gasteiger partial charge in [-0.15, -0.1) is 0 Å². The molecule has 1 aromatic heterocycles. The molecule has 1 heterocycles. The summed E-state index contributed by atoms with van der Waals surface area (Å²) in [5, 5.41) is 0. The fourth-order valence-corrected chi connectivity index (χ4v) is 2.12. The minimum Gasteiger partial charge on any atom is -0.388 e. The van der Waals surface area contributed by atoms with Gasteiger partial charge < -0.3 is 10.6 Å². The topological polar surface area (TPSA) is 42.2 Å². The number of nitrogens with zero attached hydrogens (tertiary/aromatic N) is 2. The predicted octanol–water partition coefficient (Wildman–Crippen LogP) is 3.11. The number of nitrogens with two attached hydrogens (primary N) is 1. The molecule has 5 heteroatoms. The highest BCUT2D eigenvalue weighted by Gasteiger charge is 2.05. The van der Waals surface area contributed by atoms with Gasteiger partial charge in [-0.25, -0.2) is 0 Å². The lowest BCUT2D eigenvalue weighted by atomic mass is 10.2. The average Bonchev–Trinajstić information content (AvgIpc) is 2.41. The molecule has 0 aliphatic heterocycles. The molecule has 0 aliphatic carbocycles. The van der Waals surface area contributed by atoms with Gasteiger partial charge in [0.15, 0.2) is 0 Å². The van der Waals surface area contributed by atoms with Crippen molar-refractivity contribution in [3.63, 3.8) is 0 Å². The molecule has 0 amide bonds. The van der Waals surface area contributed by atoms with Crippen LogP contribution in [0, 0.1) is 0 Å². The Hall–Kier alpha value is -1.46. The first-order chi connectivity index (χ1) is 9.06. The van der Waals surface area contributed by atoms with Crippen LogP contribution in [-0.2, 0) is 6.54 Å². The predicted molar refractivity (Wildman–Crippen MR) is 86.4 cm³/mol. The summed E-state index contributed by atoms with van der Waals surface area (Å²) >= 11 is 8.38. The highest BCUT2D eigenvalue weighted by atomic mass is 79.9. The first kappa shape index (κ1) is 14.0. The number of halogens is 1. The number of pyridine rings is 1. The second kappa shape index (κ2) is 6.12. The maximum Gasteiger partial charge on any atom is 0.122 e. The maximum absolute atomic E-state index is 5.60. The van der Waals surface area contributed by atoms with Crippen LogP contribution in [0.1, 0.15) is 11.3 Å². The van der Waals surface area contributed by atoms with Gasteiger partial charge >= 0.3 is 0 Å². The van der Waals surface area contributed by atoms with Crippen LogP contribution < -0.4 is 10.6 Å². The third kappa shape index (κ3) is 3.75. The van der Waals surface area contributed by atoms with E-state index in [9.17, 15) is 0 Å². The molecule has 0 spiro atoms. The van der Waals surface area contributed by atoms with Crippen LogP contribution in [0.3, 0.4) is 0 Å². The summed E-state index contributed by atoms with van der Waals surface area (Å²) in [5.41, 5.74) is 8.52. The van der Waals surface area contributed by atoms with Crippen LogP contribution in [0.4, 0.5) is 5.69 Å². The summed E-state index contributed by atoms with van der Waals surface area (Å²) in [6.45, 7) is 0.814. The minimum atomic E-state index is 0.318. The summed E-state index contributed by atoms with van der Waals surface area (Å²) in [4.78, 5) is 6.59. The molecule has 0 unspecified atom stereocenters. The van der Waals surface area contributed by atoms with Crippen LogP contribution in [0.25, 0.3) is 0 Å². The molecule has 0 fully saturated rings. The lowest BCUT2D eigenvalue weighted by Gasteiger charge is -2.19. The largest absolute Gasteiger partial charge is 0.388 e. The highest BCUT2D eigenvalue weighted by Crippen LogP contribution is 2.17. The van der Waals surface area contributed by atoms with E-state index < -0.39 is 0 Å². The minimum absolute atomic E-state index is 0.318. The molecule has 0 saturated carbocycles. The van der Waals surface area contributed by atoms with Crippen molar-refractivity contribution < 1.29 is 0 Å². The molecule has 98 valence electrons. The molecule has 1 aromatic carbocycles. The lowest BCUT2D eigenvalue weighted by molar-refractivity contribution is 0.920. The molecule has 2 rings (SSSR count). The van der Waals surface area contributed by atoms with Crippen LogP contribution in [0.2, 0.25) is 0 Å². The van der Waals surface area contributed by atoms with E-state index in [-0.39, 0.29) is 0 Å². The van der Waals surface area contributed by atoms with Gasteiger partial charge in [0.05, 0.1) is 5.69 Å². The number of hydrogen-bond acceptors (Lipinski definition) is 3. The Labute approximate surface area is 126 Å². The van der Waals surface area contributed by atoms with Crippen molar-refractivity contribution in [2.45, 2.75) is 6.54 Å². The molecule has 0 bridgehead atoms. The number of anilines is 1. The van der Waals surface area contributed by atoms with Crippen molar-refractivity contribution in [2.24, 2.45) is 5.73 Å². The van der Waals surface area contributed by atoms with Gasteiger partial charge in [-0.05, 0) is 29.8 Å². The Kier molecular flexibility index (Phi) is 4.50. The molecule has 2 N–H and O–H groups in total. The Balaban J connectivity index is 2.15. The maximum atomic E-state index is 5.60. The Bertz CT molecular complexity index is 583. The summed E-state index contributed by atoms with van der Waals surface area (Å²) in [6, 6.07) is 12.1. The Morgan fingerprint density at radius 1 is 1.32 bits per heavy atom. The van der Waals surface area contributed by atoms with Crippen LogP contribution in [-0.4, -0.2) is 17.0 Å². The SMILES string of the molecule is CN(Cc1ccc(Br)cc1)c1ccnc(C(N)=S)c1. The number of thiocarbonyl (C=S) groups is 1. The molecule has 0 aliphatic rings. The quantitative estimate of drug-likeness (QED) is 0.871. The van der Waals surface area contributed by atoms with Crippen molar-refractivity contribution >= 4 is 38.8 Å². The van der Waals surface area contributed by atoms with E-state index >= 15 is 0 Å². The Morgan fingerprint density at radius 2 is 2.00 bits per heavy atom. The van der Waals surface area contributed by atoms with Crippen molar-refractivity contribution in [3.05, 3.63) is 58.3 Å². The third-order valence-electron chi connectivity index (χ3n) is 2.77. The molecule has 19 heavy (non-hydrogen) atoms. The van der Waals surface area contributed by atoms with Crippen molar-refractivity contribution in [2.75, 3.05) is 11.9 Å². The standard InChI is InChI=1S/C14H14BrN3S/c1-18(9-10-2-4-11(15)5-3-10)12-6-7-17-13(8-12)14(16)19/h2-8H,9H2,1H3,(H2,16,19). The van der Waals surface area contributed by atoms with Gasteiger partial charge in [0, 0.05) is 29.9 Å². The smallest absolute Gasteiger partial charge is 0.122 e. The molecule has 3 nitrogen and oxygen atoms in total. The summed E-state index contributed by atoms with van der Waals surface area (Å²) in [6.07, 6.45) is 1.72. The first-order valence-corrected chi connectivity index (χ1v) is 6.98.